The molecule has 1 unspecified atom stereocenters. The third-order valence-corrected chi connectivity index (χ3v) is 5.17. The second-order valence-corrected chi connectivity index (χ2v) is 6.32. The third-order valence-electron chi connectivity index (χ3n) is 3.80. The highest BCUT2D eigenvalue weighted by atomic mass is 32.1. The Morgan fingerprint density at radius 3 is 2.85 bits per heavy atom. The van der Waals surface area contributed by atoms with E-state index < -0.39 is 0 Å². The van der Waals surface area contributed by atoms with Gasteiger partial charge in [-0.05, 0) is 37.8 Å². The quantitative estimate of drug-likeness (QED) is 0.805. The van der Waals surface area contributed by atoms with E-state index in [9.17, 15) is 9.59 Å². The van der Waals surface area contributed by atoms with E-state index in [4.69, 9.17) is 4.74 Å². The molecule has 0 spiro atoms. The van der Waals surface area contributed by atoms with E-state index in [2.05, 4.69) is 6.92 Å². The van der Waals surface area contributed by atoms with Crippen LogP contribution in [0.5, 0.6) is 0 Å². The van der Waals surface area contributed by atoms with Crippen LogP contribution in [-0.2, 0) is 16.0 Å². The zero-order valence-electron chi connectivity index (χ0n) is 12.3. The van der Waals surface area contributed by atoms with Crippen molar-refractivity contribution in [1.82, 2.24) is 4.90 Å². The van der Waals surface area contributed by atoms with Gasteiger partial charge >= 0.3 is 5.97 Å². The van der Waals surface area contributed by atoms with Gasteiger partial charge in [0, 0.05) is 18.0 Å². The highest BCUT2D eigenvalue weighted by Gasteiger charge is 2.30. The Morgan fingerprint density at radius 2 is 2.25 bits per heavy atom. The van der Waals surface area contributed by atoms with Crippen LogP contribution in [0.4, 0.5) is 0 Å². The Morgan fingerprint density at radius 1 is 1.50 bits per heavy atom. The van der Waals surface area contributed by atoms with Gasteiger partial charge in [0.05, 0.1) is 17.9 Å². The van der Waals surface area contributed by atoms with Crippen molar-refractivity contribution in [2.45, 2.75) is 33.1 Å². The van der Waals surface area contributed by atoms with Gasteiger partial charge in [-0.1, -0.05) is 6.92 Å². The summed E-state index contributed by atoms with van der Waals surface area (Å²) in [4.78, 5) is 28.0. The Kier molecular flexibility index (Phi) is 4.81. The molecular weight excluding hydrogens is 274 g/mol. The number of hydrogen-bond donors (Lipinski definition) is 0. The third kappa shape index (κ3) is 3.03. The first-order chi connectivity index (χ1) is 9.56. The van der Waals surface area contributed by atoms with Crippen LogP contribution in [0.1, 0.15) is 39.9 Å². The van der Waals surface area contributed by atoms with Crippen molar-refractivity contribution in [2.75, 3.05) is 20.2 Å². The first-order valence-electron chi connectivity index (χ1n) is 7.03. The minimum absolute atomic E-state index is 0.0476. The molecule has 1 aromatic rings. The lowest BCUT2D eigenvalue weighted by Crippen LogP contribution is -2.42. The summed E-state index contributed by atoms with van der Waals surface area (Å²) in [6, 6.07) is 1.97. The molecule has 20 heavy (non-hydrogen) atoms. The van der Waals surface area contributed by atoms with Gasteiger partial charge in [-0.3, -0.25) is 9.59 Å². The smallest absolute Gasteiger partial charge is 0.310 e. The second kappa shape index (κ2) is 6.39. The van der Waals surface area contributed by atoms with Gasteiger partial charge in [-0.25, -0.2) is 0 Å². The summed E-state index contributed by atoms with van der Waals surface area (Å²) < 4.78 is 4.79. The maximum absolute atomic E-state index is 12.5. The Labute approximate surface area is 123 Å². The Hall–Kier alpha value is -1.36. The summed E-state index contributed by atoms with van der Waals surface area (Å²) in [7, 11) is 1.40. The summed E-state index contributed by atoms with van der Waals surface area (Å²) in [6.07, 6.45) is 2.62. The molecule has 0 aliphatic carbocycles. The number of carbonyl (C=O) groups is 2. The van der Waals surface area contributed by atoms with Gasteiger partial charge in [-0.2, -0.15) is 0 Å². The average molecular weight is 295 g/mol. The summed E-state index contributed by atoms with van der Waals surface area (Å²) in [5.74, 6) is -0.338. The van der Waals surface area contributed by atoms with Crippen LogP contribution in [-0.4, -0.2) is 37.0 Å². The minimum Gasteiger partial charge on any atom is -0.469 e. The molecule has 110 valence electrons. The van der Waals surface area contributed by atoms with Gasteiger partial charge in [0.15, 0.2) is 0 Å². The van der Waals surface area contributed by atoms with Crippen LogP contribution in [0, 0.1) is 12.8 Å². The molecule has 1 atom stereocenters. The second-order valence-electron chi connectivity index (χ2n) is 5.18. The van der Waals surface area contributed by atoms with Gasteiger partial charge < -0.3 is 9.64 Å². The van der Waals surface area contributed by atoms with E-state index in [1.807, 2.05) is 13.0 Å². The highest BCUT2D eigenvalue weighted by molar-refractivity contribution is 7.14. The molecule has 1 saturated heterocycles. The molecule has 4 nitrogen and oxygen atoms in total. The first-order valence-corrected chi connectivity index (χ1v) is 7.84. The van der Waals surface area contributed by atoms with Crippen molar-refractivity contribution in [3.05, 3.63) is 21.4 Å². The van der Waals surface area contributed by atoms with Crippen LogP contribution in [0.3, 0.4) is 0 Å². The molecule has 5 heteroatoms. The number of thiophene rings is 1. The molecule has 2 rings (SSSR count). The molecule has 1 aliphatic heterocycles. The monoisotopic (exact) mass is 295 g/mol. The SMILES string of the molecule is CCc1sc(C(=O)N2CCCC(C(=O)OC)C2)cc1C. The van der Waals surface area contributed by atoms with E-state index in [1.165, 1.54) is 17.6 Å². The van der Waals surface area contributed by atoms with Gasteiger partial charge in [0.2, 0.25) is 0 Å². The van der Waals surface area contributed by atoms with Crippen LogP contribution in [0.15, 0.2) is 6.07 Å². The van der Waals surface area contributed by atoms with Gasteiger partial charge in [-0.15, -0.1) is 11.3 Å². The maximum atomic E-state index is 12.5. The van der Waals surface area contributed by atoms with E-state index in [-0.39, 0.29) is 17.8 Å². The molecule has 0 N–H and O–H groups in total. The molecular formula is C15H21NO3S. The predicted octanol–water partition coefficient (Wildman–Crippen LogP) is 2.64. The summed E-state index contributed by atoms with van der Waals surface area (Å²) >= 11 is 1.57. The molecule has 1 aliphatic rings. The minimum atomic E-state index is -0.209. The fourth-order valence-corrected chi connectivity index (χ4v) is 3.73. The topological polar surface area (TPSA) is 46.6 Å². The standard InChI is InChI=1S/C15H21NO3S/c1-4-12-10(2)8-13(20-12)14(17)16-7-5-6-11(9-16)15(18)19-3/h8,11H,4-7,9H2,1-3H3. The number of rotatable bonds is 3. The zero-order valence-corrected chi connectivity index (χ0v) is 13.1. The van der Waals surface area contributed by atoms with Crippen LogP contribution >= 0.6 is 11.3 Å². The van der Waals surface area contributed by atoms with E-state index >= 15 is 0 Å². The summed E-state index contributed by atoms with van der Waals surface area (Å²) in [6.45, 7) is 5.34. The van der Waals surface area contributed by atoms with Crippen LogP contribution in [0.25, 0.3) is 0 Å². The number of aryl methyl sites for hydroxylation is 2. The fourth-order valence-electron chi connectivity index (χ4n) is 2.65. The molecule has 0 saturated carbocycles. The number of carbonyl (C=O) groups excluding carboxylic acids is 2. The number of esters is 1. The molecule has 1 aromatic heterocycles. The lowest BCUT2D eigenvalue weighted by molar-refractivity contribution is -0.146. The number of nitrogens with zero attached hydrogens (tertiary/aromatic N) is 1. The van der Waals surface area contributed by atoms with Gasteiger partial charge in [0.25, 0.3) is 5.91 Å². The van der Waals surface area contributed by atoms with Crippen molar-refractivity contribution in [3.8, 4) is 0 Å². The summed E-state index contributed by atoms with van der Waals surface area (Å²) in [5, 5.41) is 0. The molecule has 1 fully saturated rings. The number of piperidine rings is 1. The molecule has 0 aromatic carbocycles. The number of hydrogen-bond acceptors (Lipinski definition) is 4. The fraction of sp³-hybridized carbons (Fsp3) is 0.600. The number of amides is 1. The lowest BCUT2D eigenvalue weighted by atomic mass is 9.98. The van der Waals surface area contributed by atoms with Crippen molar-refractivity contribution < 1.29 is 14.3 Å². The Balaban J connectivity index is 2.10. The van der Waals surface area contributed by atoms with Crippen molar-refractivity contribution in [1.29, 1.82) is 0 Å². The maximum Gasteiger partial charge on any atom is 0.310 e. The molecule has 0 bridgehead atoms. The van der Waals surface area contributed by atoms with E-state index in [0.29, 0.717) is 6.54 Å². The van der Waals surface area contributed by atoms with Crippen molar-refractivity contribution in [2.24, 2.45) is 5.92 Å². The number of likely N-dealkylation sites (tertiary alicyclic amines) is 1. The lowest BCUT2D eigenvalue weighted by Gasteiger charge is -2.31. The first kappa shape index (κ1) is 15.0. The predicted molar refractivity (Wildman–Crippen MR) is 79.1 cm³/mol. The van der Waals surface area contributed by atoms with Crippen molar-refractivity contribution in [3.63, 3.8) is 0 Å². The molecule has 0 radical (unpaired) electrons. The largest absolute Gasteiger partial charge is 0.469 e. The van der Waals surface area contributed by atoms with Crippen LogP contribution in [0.2, 0.25) is 0 Å². The number of methoxy groups -OCH3 is 1. The zero-order chi connectivity index (χ0) is 14.7. The molecule has 2 heterocycles. The van der Waals surface area contributed by atoms with E-state index in [1.54, 1.807) is 16.2 Å². The normalized spacial score (nSPS) is 18.9. The summed E-state index contributed by atoms with van der Waals surface area (Å²) in [5.41, 5.74) is 1.18. The van der Waals surface area contributed by atoms with Crippen molar-refractivity contribution >= 4 is 23.2 Å². The average Bonchev–Trinajstić information content (AvgIpc) is 2.86. The molecule has 1 amide bonds. The van der Waals surface area contributed by atoms with Gasteiger partial charge in [0.1, 0.15) is 0 Å². The number of ether oxygens (including phenoxy) is 1. The Bertz CT molecular complexity index is 509. The highest BCUT2D eigenvalue weighted by Crippen LogP contribution is 2.26. The van der Waals surface area contributed by atoms with Crippen LogP contribution < -0.4 is 0 Å². The van der Waals surface area contributed by atoms with E-state index in [0.717, 1.165) is 30.7 Å².